The van der Waals surface area contributed by atoms with E-state index < -0.39 is 0 Å². The third-order valence-electron chi connectivity index (χ3n) is 2.24. The van der Waals surface area contributed by atoms with Gasteiger partial charge in [0, 0.05) is 19.4 Å². The van der Waals surface area contributed by atoms with Crippen molar-refractivity contribution in [3.05, 3.63) is 36.2 Å². The van der Waals surface area contributed by atoms with E-state index in [0.717, 1.165) is 12.2 Å². The van der Waals surface area contributed by atoms with Crippen LogP contribution in [0.4, 0.5) is 5.82 Å². The van der Waals surface area contributed by atoms with Gasteiger partial charge in [0.1, 0.15) is 5.82 Å². The maximum Gasteiger partial charge on any atom is 0.146 e. The molecular formula is C13H21N3. The molecule has 0 bridgehead atoms. The van der Waals surface area contributed by atoms with Gasteiger partial charge in [0.25, 0.3) is 0 Å². The Morgan fingerprint density at radius 2 is 2.19 bits per heavy atom. The lowest BCUT2D eigenvalue weighted by atomic mass is 10.1. The van der Waals surface area contributed by atoms with E-state index in [9.17, 15) is 0 Å². The van der Waals surface area contributed by atoms with E-state index >= 15 is 0 Å². The van der Waals surface area contributed by atoms with Gasteiger partial charge in [0.2, 0.25) is 0 Å². The van der Waals surface area contributed by atoms with E-state index in [2.05, 4.69) is 30.3 Å². The number of aromatic nitrogens is 1. The molecule has 0 radical (unpaired) electrons. The predicted molar refractivity (Wildman–Crippen MR) is 69.1 cm³/mol. The van der Waals surface area contributed by atoms with Crippen LogP contribution in [0.2, 0.25) is 0 Å². The third-order valence-corrected chi connectivity index (χ3v) is 2.24. The molecule has 0 fully saturated rings. The smallest absolute Gasteiger partial charge is 0.146 e. The van der Waals surface area contributed by atoms with Crippen molar-refractivity contribution in [1.82, 2.24) is 10.4 Å². The largest absolute Gasteiger partial charge is 0.268 e. The number of nitrogens with one attached hydrogen (secondary N) is 1. The second-order valence-electron chi connectivity index (χ2n) is 4.20. The number of anilines is 1. The normalized spacial score (nSPS) is 11.3. The molecule has 1 aromatic heterocycles. The molecule has 3 heteroatoms. The lowest BCUT2D eigenvalue weighted by Gasteiger charge is -2.17. The van der Waals surface area contributed by atoms with Gasteiger partial charge in [-0.05, 0) is 30.9 Å². The summed E-state index contributed by atoms with van der Waals surface area (Å²) in [4.78, 5) is 4.43. The molecule has 0 spiro atoms. The first-order chi connectivity index (χ1) is 7.67. The number of hydrogen-bond acceptors (Lipinski definition) is 3. The Hall–Kier alpha value is -1.35. The number of allylic oxidation sites excluding steroid dienone is 1. The van der Waals surface area contributed by atoms with Gasteiger partial charge in [0.15, 0.2) is 0 Å². The minimum absolute atomic E-state index is 0.670. The predicted octanol–water partition coefficient (Wildman–Crippen LogP) is 2.75. The van der Waals surface area contributed by atoms with Crippen molar-refractivity contribution in [2.75, 3.05) is 12.1 Å². The molecule has 3 nitrogen and oxygen atoms in total. The van der Waals surface area contributed by atoms with Crippen LogP contribution >= 0.6 is 0 Å². The van der Waals surface area contributed by atoms with Crippen LogP contribution in [-0.4, -0.2) is 12.0 Å². The molecule has 0 atom stereocenters. The van der Waals surface area contributed by atoms with Gasteiger partial charge >= 0.3 is 0 Å². The van der Waals surface area contributed by atoms with E-state index in [1.807, 2.05) is 43.5 Å². The molecule has 0 unspecified atom stereocenters. The van der Waals surface area contributed by atoms with Crippen LogP contribution in [0, 0.1) is 5.92 Å². The number of hydrazine groups is 1. The number of hydrogen-bond donors (Lipinski definition) is 1. The Morgan fingerprint density at radius 1 is 1.44 bits per heavy atom. The quantitative estimate of drug-likeness (QED) is 0.772. The van der Waals surface area contributed by atoms with Crippen molar-refractivity contribution in [2.45, 2.75) is 27.2 Å². The third kappa shape index (κ3) is 3.66. The van der Waals surface area contributed by atoms with Gasteiger partial charge in [-0.1, -0.05) is 26.0 Å². The van der Waals surface area contributed by atoms with Crippen molar-refractivity contribution >= 4 is 5.82 Å². The zero-order chi connectivity index (χ0) is 12.0. The monoisotopic (exact) mass is 219 g/mol. The molecule has 88 valence electrons. The average Bonchev–Trinajstić information content (AvgIpc) is 2.26. The van der Waals surface area contributed by atoms with Crippen molar-refractivity contribution < 1.29 is 0 Å². The SMILES string of the molecule is C/C=C\N(NC)c1ccc(CC(C)C)cn1. The van der Waals surface area contributed by atoms with Gasteiger partial charge < -0.3 is 0 Å². The zero-order valence-electron chi connectivity index (χ0n) is 10.6. The Kier molecular flexibility index (Phi) is 4.99. The van der Waals surface area contributed by atoms with Crippen molar-refractivity contribution in [2.24, 2.45) is 5.92 Å². The summed E-state index contributed by atoms with van der Waals surface area (Å²) in [6.07, 6.45) is 6.95. The van der Waals surface area contributed by atoms with Gasteiger partial charge in [-0.3, -0.25) is 5.01 Å². The van der Waals surface area contributed by atoms with Gasteiger partial charge in [-0.15, -0.1) is 0 Å². The van der Waals surface area contributed by atoms with E-state index in [0.29, 0.717) is 5.92 Å². The number of pyridine rings is 1. The summed E-state index contributed by atoms with van der Waals surface area (Å²) in [7, 11) is 1.88. The summed E-state index contributed by atoms with van der Waals surface area (Å²) in [5, 5.41) is 1.89. The van der Waals surface area contributed by atoms with Crippen LogP contribution in [0.25, 0.3) is 0 Å². The summed E-state index contributed by atoms with van der Waals surface area (Å²) >= 11 is 0. The highest BCUT2D eigenvalue weighted by molar-refractivity contribution is 5.40. The maximum absolute atomic E-state index is 4.43. The van der Waals surface area contributed by atoms with Gasteiger partial charge in [0.05, 0.1) is 0 Å². The van der Waals surface area contributed by atoms with Crippen LogP contribution < -0.4 is 10.4 Å². The highest BCUT2D eigenvalue weighted by Crippen LogP contribution is 2.12. The summed E-state index contributed by atoms with van der Waals surface area (Å²) in [6, 6.07) is 4.17. The molecule has 1 heterocycles. The lowest BCUT2D eigenvalue weighted by Crippen LogP contribution is -2.30. The van der Waals surface area contributed by atoms with Crippen molar-refractivity contribution in [3.8, 4) is 0 Å². The second-order valence-corrected chi connectivity index (χ2v) is 4.20. The van der Waals surface area contributed by atoms with Gasteiger partial charge in [-0.25, -0.2) is 10.4 Å². The van der Waals surface area contributed by atoms with E-state index in [1.165, 1.54) is 5.56 Å². The molecule has 0 aliphatic carbocycles. The summed E-state index contributed by atoms with van der Waals surface area (Å²) in [6.45, 7) is 6.42. The molecule has 1 N–H and O–H groups in total. The maximum atomic E-state index is 4.43. The Balaban J connectivity index is 2.76. The molecule has 0 aliphatic rings. The van der Waals surface area contributed by atoms with Crippen LogP contribution in [-0.2, 0) is 6.42 Å². The minimum atomic E-state index is 0.670. The van der Waals surface area contributed by atoms with E-state index in [4.69, 9.17) is 0 Å². The average molecular weight is 219 g/mol. The first-order valence-electron chi connectivity index (χ1n) is 5.71. The first kappa shape index (κ1) is 12.7. The molecule has 1 rings (SSSR count). The Labute approximate surface area is 98.2 Å². The van der Waals surface area contributed by atoms with Crippen LogP contribution in [0.3, 0.4) is 0 Å². The lowest BCUT2D eigenvalue weighted by molar-refractivity contribution is 0.645. The molecule has 0 aromatic carbocycles. The van der Waals surface area contributed by atoms with Crippen molar-refractivity contribution in [1.29, 1.82) is 0 Å². The molecule has 0 aliphatic heterocycles. The summed E-state index contributed by atoms with van der Waals surface area (Å²) < 4.78 is 0. The molecule has 0 saturated carbocycles. The number of nitrogens with zero attached hydrogens (tertiary/aromatic N) is 2. The Bertz CT molecular complexity index is 328. The minimum Gasteiger partial charge on any atom is -0.268 e. The summed E-state index contributed by atoms with van der Waals surface area (Å²) in [5.41, 5.74) is 4.35. The van der Waals surface area contributed by atoms with E-state index in [-0.39, 0.29) is 0 Å². The molecular weight excluding hydrogens is 198 g/mol. The molecule has 16 heavy (non-hydrogen) atoms. The fraction of sp³-hybridized carbons (Fsp3) is 0.462. The second kappa shape index (κ2) is 6.28. The highest BCUT2D eigenvalue weighted by Gasteiger charge is 2.02. The van der Waals surface area contributed by atoms with Crippen LogP contribution in [0.15, 0.2) is 30.6 Å². The standard InChI is InChI=1S/C13H21N3/c1-5-8-16(14-4)13-7-6-12(10-15-13)9-11(2)3/h5-8,10-11,14H,9H2,1-4H3/b8-5-. The first-order valence-corrected chi connectivity index (χ1v) is 5.71. The van der Waals surface area contributed by atoms with Crippen LogP contribution in [0.5, 0.6) is 0 Å². The molecule has 1 aromatic rings. The summed E-state index contributed by atoms with van der Waals surface area (Å²) in [5.74, 6) is 1.58. The number of rotatable bonds is 5. The molecule has 0 saturated heterocycles. The highest BCUT2D eigenvalue weighted by atomic mass is 15.5. The Morgan fingerprint density at radius 3 is 2.62 bits per heavy atom. The zero-order valence-corrected chi connectivity index (χ0v) is 10.6. The van der Waals surface area contributed by atoms with Gasteiger partial charge in [-0.2, -0.15) is 0 Å². The fourth-order valence-corrected chi connectivity index (χ4v) is 1.57. The van der Waals surface area contributed by atoms with Crippen LogP contribution in [0.1, 0.15) is 26.3 Å². The fourth-order valence-electron chi connectivity index (χ4n) is 1.57. The van der Waals surface area contributed by atoms with E-state index in [1.54, 1.807) is 0 Å². The topological polar surface area (TPSA) is 28.2 Å². The van der Waals surface area contributed by atoms with Crippen molar-refractivity contribution in [3.63, 3.8) is 0 Å². The molecule has 0 amide bonds.